The molecule has 0 bridgehead atoms. The number of ether oxygens (including phenoxy) is 1. The molecule has 0 aliphatic heterocycles. The van der Waals surface area contributed by atoms with Crippen LogP contribution in [-0.2, 0) is 11.2 Å². The molecule has 0 heterocycles. The maximum Gasteiger partial charge on any atom is 0.314 e. The van der Waals surface area contributed by atoms with Crippen LogP contribution in [0, 0.1) is 29.5 Å². The quantitative estimate of drug-likeness (QED) is 0.162. The summed E-state index contributed by atoms with van der Waals surface area (Å²) in [5, 5.41) is 0. The van der Waals surface area contributed by atoms with Gasteiger partial charge < -0.3 is 4.74 Å². The molecule has 0 amide bonds. The summed E-state index contributed by atoms with van der Waals surface area (Å²) in [6, 6.07) is 5.04. The average Bonchev–Trinajstić information content (AvgIpc) is 2.85. The smallest absolute Gasteiger partial charge is 0.314 e. The summed E-state index contributed by atoms with van der Waals surface area (Å²) in [5.74, 6) is 2.36. The molecular formula is C31H49FO2. The molecule has 2 aliphatic rings. The van der Waals surface area contributed by atoms with E-state index >= 15 is 0 Å². The van der Waals surface area contributed by atoms with Crippen LogP contribution in [0.2, 0.25) is 0 Å². The summed E-state index contributed by atoms with van der Waals surface area (Å²) in [7, 11) is 0. The van der Waals surface area contributed by atoms with Crippen LogP contribution >= 0.6 is 0 Å². The Bertz CT molecular complexity index is 714. The van der Waals surface area contributed by atoms with Crippen molar-refractivity contribution in [1.29, 1.82) is 0 Å². The Morgan fingerprint density at radius 3 is 2.06 bits per heavy atom. The molecule has 0 saturated heterocycles. The molecule has 0 spiro atoms. The van der Waals surface area contributed by atoms with Crippen molar-refractivity contribution >= 4 is 5.97 Å². The molecule has 3 heteroatoms. The van der Waals surface area contributed by atoms with Gasteiger partial charge in [-0.15, -0.1) is 0 Å². The molecule has 2 nitrogen and oxygen atoms in total. The van der Waals surface area contributed by atoms with Gasteiger partial charge >= 0.3 is 5.97 Å². The first-order chi connectivity index (χ1) is 16.6. The van der Waals surface area contributed by atoms with Crippen molar-refractivity contribution in [2.45, 2.75) is 129 Å². The van der Waals surface area contributed by atoms with E-state index in [-0.39, 0.29) is 17.7 Å². The van der Waals surface area contributed by atoms with E-state index in [4.69, 9.17) is 4.74 Å². The van der Waals surface area contributed by atoms with Crippen LogP contribution in [0.25, 0.3) is 0 Å². The third-order valence-electron chi connectivity index (χ3n) is 8.62. The van der Waals surface area contributed by atoms with Crippen molar-refractivity contribution in [3.63, 3.8) is 0 Å². The molecule has 34 heavy (non-hydrogen) atoms. The minimum absolute atomic E-state index is 0.0260. The molecule has 1 aromatic carbocycles. The molecule has 2 aliphatic carbocycles. The number of hydrogen-bond acceptors (Lipinski definition) is 2. The maximum atomic E-state index is 14.7. The zero-order valence-corrected chi connectivity index (χ0v) is 22.0. The second-order valence-electron chi connectivity index (χ2n) is 11.3. The average molecular weight is 473 g/mol. The number of hydrogen-bond donors (Lipinski definition) is 0. The largest absolute Gasteiger partial charge is 0.426 e. The van der Waals surface area contributed by atoms with Crippen LogP contribution < -0.4 is 4.74 Å². The molecule has 0 aromatic heterocycles. The fraction of sp³-hybridized carbons (Fsp3) is 0.774. The van der Waals surface area contributed by atoms with E-state index < -0.39 is 0 Å². The zero-order chi connectivity index (χ0) is 24.2. The van der Waals surface area contributed by atoms with Crippen LogP contribution in [0.5, 0.6) is 5.75 Å². The number of carbonyl (C=O) groups excluding carboxylic acids is 1. The van der Waals surface area contributed by atoms with Gasteiger partial charge in [0.05, 0.1) is 5.92 Å². The zero-order valence-electron chi connectivity index (χ0n) is 22.0. The van der Waals surface area contributed by atoms with Gasteiger partial charge in [0, 0.05) is 6.07 Å². The Balaban J connectivity index is 1.36. The van der Waals surface area contributed by atoms with E-state index in [1.54, 1.807) is 6.07 Å². The Kier molecular flexibility index (Phi) is 11.9. The Morgan fingerprint density at radius 1 is 0.794 bits per heavy atom. The van der Waals surface area contributed by atoms with Gasteiger partial charge in [0.15, 0.2) is 0 Å². The predicted octanol–water partition coefficient (Wildman–Crippen LogP) is 9.44. The number of aryl methyl sites for hydroxylation is 1. The molecule has 0 unspecified atom stereocenters. The third kappa shape index (κ3) is 9.00. The lowest BCUT2D eigenvalue weighted by molar-refractivity contribution is -0.140. The highest BCUT2D eigenvalue weighted by Crippen LogP contribution is 2.35. The van der Waals surface area contributed by atoms with Gasteiger partial charge in [0.1, 0.15) is 11.6 Å². The molecular weight excluding hydrogens is 423 g/mol. The molecule has 0 atom stereocenters. The second kappa shape index (κ2) is 14.9. The van der Waals surface area contributed by atoms with Crippen molar-refractivity contribution in [3.05, 3.63) is 29.6 Å². The summed E-state index contributed by atoms with van der Waals surface area (Å²) < 4.78 is 20.3. The minimum Gasteiger partial charge on any atom is -0.426 e. The normalized spacial score (nSPS) is 25.3. The van der Waals surface area contributed by atoms with Crippen molar-refractivity contribution in [2.75, 3.05) is 0 Å². The van der Waals surface area contributed by atoms with Crippen LogP contribution in [0.3, 0.4) is 0 Å². The lowest BCUT2D eigenvalue weighted by atomic mass is 9.78. The summed E-state index contributed by atoms with van der Waals surface area (Å²) >= 11 is 0. The van der Waals surface area contributed by atoms with E-state index in [9.17, 15) is 9.18 Å². The summed E-state index contributed by atoms with van der Waals surface area (Å²) in [4.78, 5) is 12.7. The van der Waals surface area contributed by atoms with Crippen molar-refractivity contribution in [1.82, 2.24) is 0 Å². The van der Waals surface area contributed by atoms with Gasteiger partial charge in [-0.1, -0.05) is 97.0 Å². The lowest BCUT2D eigenvalue weighted by Crippen LogP contribution is -2.25. The number of carbonyl (C=O) groups is 1. The summed E-state index contributed by atoms with van der Waals surface area (Å²) in [5.41, 5.74) is 0.759. The van der Waals surface area contributed by atoms with Crippen LogP contribution in [0.1, 0.15) is 129 Å². The van der Waals surface area contributed by atoms with Crippen LogP contribution in [0.4, 0.5) is 4.39 Å². The lowest BCUT2D eigenvalue weighted by Gasteiger charge is -2.28. The first kappa shape index (κ1) is 27.2. The highest BCUT2D eigenvalue weighted by molar-refractivity contribution is 5.75. The molecule has 192 valence electrons. The van der Waals surface area contributed by atoms with Crippen molar-refractivity contribution in [2.24, 2.45) is 23.7 Å². The van der Waals surface area contributed by atoms with E-state index in [1.807, 2.05) is 6.07 Å². The minimum atomic E-state index is -0.225. The number of halogens is 1. The van der Waals surface area contributed by atoms with E-state index in [0.29, 0.717) is 5.75 Å². The molecule has 0 N–H and O–H groups in total. The second-order valence-corrected chi connectivity index (χ2v) is 11.3. The van der Waals surface area contributed by atoms with Crippen molar-refractivity contribution in [3.8, 4) is 5.75 Å². The van der Waals surface area contributed by atoms with Crippen molar-refractivity contribution < 1.29 is 13.9 Å². The molecule has 3 rings (SSSR count). The van der Waals surface area contributed by atoms with Gasteiger partial charge in [0.25, 0.3) is 0 Å². The van der Waals surface area contributed by atoms with Crippen LogP contribution in [-0.4, -0.2) is 5.97 Å². The van der Waals surface area contributed by atoms with Gasteiger partial charge in [-0.3, -0.25) is 4.79 Å². The fourth-order valence-corrected chi connectivity index (χ4v) is 6.29. The topological polar surface area (TPSA) is 26.3 Å². The Hall–Kier alpha value is -1.38. The Morgan fingerprint density at radius 2 is 1.41 bits per heavy atom. The number of esters is 1. The van der Waals surface area contributed by atoms with Crippen LogP contribution in [0.15, 0.2) is 18.2 Å². The highest BCUT2D eigenvalue weighted by atomic mass is 19.1. The van der Waals surface area contributed by atoms with E-state index in [1.165, 1.54) is 83.1 Å². The van der Waals surface area contributed by atoms with Gasteiger partial charge in [-0.05, 0) is 67.9 Å². The van der Waals surface area contributed by atoms with E-state index in [2.05, 4.69) is 13.8 Å². The fourth-order valence-electron chi connectivity index (χ4n) is 6.29. The number of unbranched alkanes of at least 4 members (excludes halogenated alkanes) is 4. The molecule has 0 radical (unpaired) electrons. The molecule has 2 fully saturated rings. The first-order valence-electron chi connectivity index (χ1n) is 14.6. The van der Waals surface area contributed by atoms with E-state index in [0.717, 1.165) is 61.8 Å². The third-order valence-corrected chi connectivity index (χ3v) is 8.62. The summed E-state index contributed by atoms with van der Waals surface area (Å²) in [6.45, 7) is 4.53. The molecule has 1 aromatic rings. The predicted molar refractivity (Wildman–Crippen MR) is 140 cm³/mol. The Labute approximate surface area is 208 Å². The number of benzene rings is 1. The highest BCUT2D eigenvalue weighted by Gasteiger charge is 2.28. The van der Waals surface area contributed by atoms with Gasteiger partial charge in [0.2, 0.25) is 0 Å². The monoisotopic (exact) mass is 472 g/mol. The maximum absolute atomic E-state index is 14.7. The van der Waals surface area contributed by atoms with Gasteiger partial charge in [-0.2, -0.15) is 0 Å². The molecule has 2 saturated carbocycles. The SMILES string of the molecule is CCCCCCC[C@H]1CC[C@H](C(=O)Oc2ccc(CC[C@H]3CC[C@H](CCC)CC3)c(F)c2)CC1. The van der Waals surface area contributed by atoms with Gasteiger partial charge in [-0.25, -0.2) is 4.39 Å². The standard InChI is InChI=1S/C31H49FO2/c1-3-5-6-7-8-10-25-16-19-28(20-17-25)31(33)34-29-22-21-27(30(32)23-29)18-15-26-13-11-24(9-4-2)12-14-26/h21-26,28H,3-20H2,1-2H3/t24-,25-,26-,28-. The first-order valence-corrected chi connectivity index (χ1v) is 14.6. The number of rotatable bonds is 13. The summed E-state index contributed by atoms with van der Waals surface area (Å²) in [6.07, 6.45) is 21.8.